The molecule has 26 heavy (non-hydrogen) atoms. The Bertz CT molecular complexity index is 465. The highest BCUT2D eigenvalue weighted by atomic mass is 16.2. The van der Waals surface area contributed by atoms with Gasteiger partial charge in [-0.15, -0.1) is 6.58 Å². The van der Waals surface area contributed by atoms with E-state index in [1.807, 2.05) is 13.1 Å². The molecule has 0 aromatic carbocycles. The second-order valence-corrected chi connectivity index (χ2v) is 7.47. The minimum Gasteiger partial charge on any atom is -0.355 e. The molecule has 0 spiro atoms. The molecule has 1 saturated carbocycles. The van der Waals surface area contributed by atoms with E-state index in [2.05, 4.69) is 38.6 Å². The quantitative estimate of drug-likeness (QED) is 0.309. The second-order valence-electron chi connectivity index (χ2n) is 7.47. The van der Waals surface area contributed by atoms with Crippen molar-refractivity contribution in [3.8, 4) is 0 Å². The normalized spacial score (nSPS) is 19.6. The van der Waals surface area contributed by atoms with Gasteiger partial charge in [0.2, 0.25) is 5.91 Å². The maximum atomic E-state index is 12.5. The largest absolute Gasteiger partial charge is 0.355 e. The molecule has 2 aliphatic rings. The number of amides is 1. The highest BCUT2D eigenvalue weighted by Crippen LogP contribution is 2.26. The van der Waals surface area contributed by atoms with Gasteiger partial charge >= 0.3 is 0 Å². The fourth-order valence-electron chi connectivity index (χ4n) is 3.91. The molecule has 2 fully saturated rings. The molecule has 2 rings (SSSR count). The number of carbonyl (C=O) groups excluding carboxylic acids is 1. The lowest BCUT2D eigenvalue weighted by atomic mass is 10.1. The van der Waals surface area contributed by atoms with Gasteiger partial charge in [-0.1, -0.05) is 18.9 Å². The van der Waals surface area contributed by atoms with Crippen LogP contribution in [0.5, 0.6) is 0 Å². The van der Waals surface area contributed by atoms with E-state index in [1.165, 1.54) is 12.8 Å². The molecule has 0 unspecified atom stereocenters. The first-order valence-electron chi connectivity index (χ1n) is 10.2. The van der Waals surface area contributed by atoms with E-state index < -0.39 is 0 Å². The van der Waals surface area contributed by atoms with Crippen molar-refractivity contribution in [1.82, 2.24) is 20.0 Å². The lowest BCUT2D eigenvalue weighted by Crippen LogP contribution is -2.52. The summed E-state index contributed by atoms with van der Waals surface area (Å²) in [6, 6.07) is 0. The van der Waals surface area contributed by atoms with E-state index in [0.717, 1.165) is 77.5 Å². The Balaban J connectivity index is 1.63. The number of nitrogens with one attached hydrogen (secondary N) is 1. The summed E-state index contributed by atoms with van der Waals surface area (Å²) in [6.45, 7) is 10.3. The molecule has 6 nitrogen and oxygen atoms in total. The number of unbranched alkanes of at least 4 members (excludes halogenated alkanes) is 1. The Morgan fingerprint density at radius 3 is 2.58 bits per heavy atom. The molecule has 6 heteroatoms. The van der Waals surface area contributed by atoms with Gasteiger partial charge in [-0.2, -0.15) is 0 Å². The molecule has 0 bridgehead atoms. The monoisotopic (exact) mass is 363 g/mol. The summed E-state index contributed by atoms with van der Waals surface area (Å²) in [6.07, 6.45) is 8.74. The van der Waals surface area contributed by atoms with Crippen molar-refractivity contribution in [3.63, 3.8) is 0 Å². The molecule has 1 saturated heterocycles. The van der Waals surface area contributed by atoms with Gasteiger partial charge in [0.1, 0.15) is 0 Å². The lowest BCUT2D eigenvalue weighted by Gasteiger charge is -2.36. The number of carbonyl (C=O) groups is 1. The molecular weight excluding hydrogens is 326 g/mol. The molecule has 1 amide bonds. The Morgan fingerprint density at radius 2 is 1.96 bits per heavy atom. The molecule has 1 aliphatic carbocycles. The van der Waals surface area contributed by atoms with Gasteiger partial charge in [0, 0.05) is 65.8 Å². The molecule has 148 valence electrons. The predicted molar refractivity (Wildman–Crippen MR) is 108 cm³/mol. The van der Waals surface area contributed by atoms with Crippen molar-refractivity contribution in [2.24, 2.45) is 10.9 Å². The van der Waals surface area contributed by atoms with E-state index in [9.17, 15) is 4.79 Å². The van der Waals surface area contributed by atoms with Crippen LogP contribution in [0.1, 0.15) is 38.5 Å². The average molecular weight is 364 g/mol. The summed E-state index contributed by atoms with van der Waals surface area (Å²) < 4.78 is 0. The molecule has 0 atom stereocenters. The summed E-state index contributed by atoms with van der Waals surface area (Å²) in [5, 5.41) is 3.45. The summed E-state index contributed by atoms with van der Waals surface area (Å²) in [4.78, 5) is 23.6. The van der Waals surface area contributed by atoms with E-state index in [4.69, 9.17) is 0 Å². The minimum absolute atomic E-state index is 0.308. The topological polar surface area (TPSA) is 51.2 Å². The fourth-order valence-corrected chi connectivity index (χ4v) is 3.91. The van der Waals surface area contributed by atoms with Crippen LogP contribution in [-0.4, -0.2) is 86.5 Å². The number of piperazine rings is 1. The van der Waals surface area contributed by atoms with Gasteiger partial charge in [-0.3, -0.25) is 14.7 Å². The van der Waals surface area contributed by atoms with E-state index in [-0.39, 0.29) is 0 Å². The fraction of sp³-hybridized carbons (Fsp3) is 0.800. The highest BCUT2D eigenvalue weighted by molar-refractivity contribution is 5.79. The van der Waals surface area contributed by atoms with Crippen molar-refractivity contribution in [1.29, 1.82) is 0 Å². The Hall–Kier alpha value is -1.56. The molecule has 1 N–H and O–H groups in total. The molecule has 0 aromatic heterocycles. The van der Waals surface area contributed by atoms with Crippen LogP contribution in [0.3, 0.4) is 0 Å². The first kappa shape index (κ1) is 20.7. The summed E-state index contributed by atoms with van der Waals surface area (Å²) in [5.41, 5.74) is 0. The van der Waals surface area contributed by atoms with Gasteiger partial charge in [-0.05, 0) is 25.7 Å². The first-order valence-corrected chi connectivity index (χ1v) is 10.2. The summed E-state index contributed by atoms with van der Waals surface area (Å²) in [7, 11) is 3.91. The minimum atomic E-state index is 0.308. The Labute approximate surface area is 159 Å². The zero-order chi connectivity index (χ0) is 18.8. The van der Waals surface area contributed by atoms with E-state index in [1.54, 1.807) is 0 Å². The third kappa shape index (κ3) is 6.31. The van der Waals surface area contributed by atoms with Crippen molar-refractivity contribution < 1.29 is 4.79 Å². The molecule has 1 aliphatic heterocycles. The summed E-state index contributed by atoms with van der Waals surface area (Å²) in [5.74, 6) is 1.66. The SMILES string of the molecule is C=CCCCN(C)C(=NC)NCCN1CCN(C(=O)C2CCCC2)CC1. The number of nitrogens with zero attached hydrogens (tertiary/aromatic N) is 4. The van der Waals surface area contributed by atoms with E-state index in [0.29, 0.717) is 11.8 Å². The van der Waals surface area contributed by atoms with Crippen LogP contribution in [-0.2, 0) is 4.79 Å². The number of rotatable bonds is 8. The Morgan fingerprint density at radius 1 is 1.27 bits per heavy atom. The summed E-state index contributed by atoms with van der Waals surface area (Å²) >= 11 is 0. The van der Waals surface area contributed by atoms with Crippen LogP contribution >= 0.6 is 0 Å². The molecular formula is C20H37N5O. The predicted octanol–water partition coefficient (Wildman–Crippen LogP) is 1.79. The highest BCUT2D eigenvalue weighted by Gasteiger charge is 2.29. The Kier molecular flexibility index (Phi) is 8.95. The van der Waals surface area contributed by atoms with Gasteiger partial charge in [-0.25, -0.2) is 0 Å². The lowest BCUT2D eigenvalue weighted by molar-refractivity contribution is -0.137. The van der Waals surface area contributed by atoms with Crippen LogP contribution < -0.4 is 5.32 Å². The third-order valence-corrected chi connectivity index (χ3v) is 5.57. The van der Waals surface area contributed by atoms with Crippen LogP contribution in [0.4, 0.5) is 0 Å². The average Bonchev–Trinajstić information content (AvgIpc) is 3.20. The van der Waals surface area contributed by atoms with E-state index >= 15 is 0 Å². The zero-order valence-corrected chi connectivity index (χ0v) is 16.8. The maximum Gasteiger partial charge on any atom is 0.225 e. The smallest absolute Gasteiger partial charge is 0.225 e. The number of hydrogen-bond donors (Lipinski definition) is 1. The number of aliphatic imine (C=N–C) groups is 1. The zero-order valence-electron chi connectivity index (χ0n) is 16.8. The van der Waals surface area contributed by atoms with Gasteiger partial charge in [0.05, 0.1) is 0 Å². The molecule has 0 radical (unpaired) electrons. The third-order valence-electron chi connectivity index (χ3n) is 5.57. The molecule has 0 aromatic rings. The standard InChI is InChI=1S/C20H37N5O/c1-4-5-8-12-23(3)20(21-2)22-11-13-24-14-16-25(17-15-24)19(26)18-9-6-7-10-18/h4,18H,1,5-17H2,2-3H3,(H,21,22). The van der Waals surface area contributed by atoms with Crippen molar-refractivity contribution in [2.45, 2.75) is 38.5 Å². The number of guanidine groups is 1. The van der Waals surface area contributed by atoms with Crippen molar-refractivity contribution in [2.75, 3.05) is 59.9 Å². The van der Waals surface area contributed by atoms with Crippen LogP contribution in [0, 0.1) is 5.92 Å². The molecule has 1 heterocycles. The van der Waals surface area contributed by atoms with Gasteiger partial charge in [0.15, 0.2) is 5.96 Å². The second kappa shape index (κ2) is 11.2. The van der Waals surface area contributed by atoms with Gasteiger partial charge < -0.3 is 15.1 Å². The number of hydrogen-bond acceptors (Lipinski definition) is 3. The van der Waals surface area contributed by atoms with Crippen LogP contribution in [0.2, 0.25) is 0 Å². The van der Waals surface area contributed by atoms with Crippen LogP contribution in [0.15, 0.2) is 17.6 Å². The maximum absolute atomic E-state index is 12.5. The van der Waals surface area contributed by atoms with Gasteiger partial charge in [0.25, 0.3) is 0 Å². The van der Waals surface area contributed by atoms with Crippen molar-refractivity contribution >= 4 is 11.9 Å². The van der Waals surface area contributed by atoms with Crippen molar-refractivity contribution in [3.05, 3.63) is 12.7 Å². The number of allylic oxidation sites excluding steroid dienone is 1. The first-order chi connectivity index (χ1) is 12.7. The van der Waals surface area contributed by atoms with Crippen LogP contribution in [0.25, 0.3) is 0 Å².